The molecule has 1 spiro atoms. The van der Waals surface area contributed by atoms with Gasteiger partial charge in [0, 0.05) is 32.5 Å². The van der Waals surface area contributed by atoms with E-state index in [0.29, 0.717) is 25.9 Å². The van der Waals surface area contributed by atoms with Crippen LogP contribution in [0.2, 0.25) is 0 Å². The maximum absolute atomic E-state index is 14.2. The van der Waals surface area contributed by atoms with E-state index in [-0.39, 0.29) is 12.2 Å². The summed E-state index contributed by atoms with van der Waals surface area (Å²) in [5.74, 6) is -2.44. The molecule has 6 nitrogen and oxygen atoms in total. The fourth-order valence-electron chi connectivity index (χ4n) is 4.22. The van der Waals surface area contributed by atoms with E-state index < -0.39 is 29.5 Å². The second-order valence-electron chi connectivity index (χ2n) is 7.53. The Bertz CT molecular complexity index is 897. The Morgan fingerprint density at radius 2 is 1.72 bits per heavy atom. The highest BCUT2D eigenvalue weighted by atomic mass is 19.1. The summed E-state index contributed by atoms with van der Waals surface area (Å²) in [6.07, 6.45) is 0.952. The van der Waals surface area contributed by atoms with Gasteiger partial charge in [-0.3, -0.25) is 14.6 Å². The molecule has 0 radical (unpaired) electrons. The highest BCUT2D eigenvalue weighted by Gasteiger charge is 2.54. The first-order valence-corrected chi connectivity index (χ1v) is 9.71. The average Bonchev–Trinajstić information content (AvgIpc) is 3.10. The quantitative estimate of drug-likeness (QED) is 0.858. The Kier molecular flexibility index (Phi) is 5.34. The van der Waals surface area contributed by atoms with E-state index >= 15 is 0 Å². The van der Waals surface area contributed by atoms with Crippen LogP contribution in [0.5, 0.6) is 0 Å². The van der Waals surface area contributed by atoms with Crippen molar-refractivity contribution in [3.05, 3.63) is 71.5 Å². The van der Waals surface area contributed by atoms with Crippen LogP contribution >= 0.6 is 0 Å². The Morgan fingerprint density at radius 1 is 1.07 bits per heavy atom. The van der Waals surface area contributed by atoms with Crippen LogP contribution in [0.3, 0.4) is 0 Å². The molecule has 1 atom stereocenters. The zero-order valence-corrected chi connectivity index (χ0v) is 16.0. The van der Waals surface area contributed by atoms with Crippen molar-refractivity contribution in [3.63, 3.8) is 0 Å². The van der Waals surface area contributed by atoms with Gasteiger partial charge in [-0.15, -0.1) is 0 Å². The van der Waals surface area contributed by atoms with Crippen LogP contribution in [0.1, 0.15) is 28.8 Å². The number of carbonyl (C=O) groups excluding carboxylic acids is 1. The van der Waals surface area contributed by atoms with Gasteiger partial charge < -0.3 is 9.84 Å². The zero-order chi connectivity index (χ0) is 20.4. The summed E-state index contributed by atoms with van der Waals surface area (Å²) in [4.78, 5) is 28.5. The third kappa shape index (κ3) is 3.75. The third-order valence-electron chi connectivity index (χ3n) is 5.76. The van der Waals surface area contributed by atoms with Gasteiger partial charge in [0.1, 0.15) is 11.5 Å². The van der Waals surface area contributed by atoms with E-state index in [2.05, 4.69) is 17.0 Å². The van der Waals surface area contributed by atoms with Gasteiger partial charge in [0.05, 0.1) is 12.2 Å². The first-order chi connectivity index (χ1) is 14.0. The molecule has 0 saturated carbocycles. The number of hydrogen-bond donors (Lipinski definition) is 1. The molecular formula is C22H23FN2O4. The maximum Gasteiger partial charge on any atom is 0.328 e. The lowest BCUT2D eigenvalue weighted by molar-refractivity contribution is -0.144. The highest BCUT2D eigenvalue weighted by Crippen LogP contribution is 2.39. The molecule has 0 unspecified atom stereocenters. The first kappa shape index (κ1) is 19.5. The number of halogens is 1. The van der Waals surface area contributed by atoms with Crippen molar-refractivity contribution < 1.29 is 23.8 Å². The second kappa shape index (κ2) is 7.93. The summed E-state index contributed by atoms with van der Waals surface area (Å²) >= 11 is 0. The zero-order valence-electron chi connectivity index (χ0n) is 16.0. The topological polar surface area (TPSA) is 70.1 Å². The normalized spacial score (nSPS) is 21.4. The van der Waals surface area contributed by atoms with Crippen LogP contribution in [0, 0.1) is 5.82 Å². The molecule has 2 aromatic carbocycles. The number of carboxylic acids is 1. The summed E-state index contributed by atoms with van der Waals surface area (Å²) in [5, 5.41) is 9.63. The number of carbonyl (C=O) groups is 2. The Labute approximate surface area is 168 Å². The monoisotopic (exact) mass is 398 g/mol. The minimum Gasteiger partial charge on any atom is -0.480 e. The van der Waals surface area contributed by atoms with Crippen molar-refractivity contribution in [2.45, 2.75) is 31.2 Å². The number of hydrogen-bond acceptors (Lipinski definition) is 4. The number of carboxylic acid groups (broad SMARTS) is 1. The van der Waals surface area contributed by atoms with E-state index in [9.17, 15) is 19.1 Å². The van der Waals surface area contributed by atoms with E-state index in [0.717, 1.165) is 6.54 Å². The molecular weight excluding hydrogens is 375 g/mol. The van der Waals surface area contributed by atoms with E-state index in [1.54, 1.807) is 6.07 Å². The van der Waals surface area contributed by atoms with Crippen LogP contribution in [0.15, 0.2) is 54.6 Å². The van der Waals surface area contributed by atoms with Crippen LogP contribution in [-0.4, -0.2) is 58.2 Å². The number of aliphatic carboxylic acids is 1. The molecule has 2 aliphatic heterocycles. The minimum atomic E-state index is -1.14. The van der Waals surface area contributed by atoms with Gasteiger partial charge in [0.2, 0.25) is 0 Å². The van der Waals surface area contributed by atoms with Gasteiger partial charge >= 0.3 is 5.97 Å². The highest BCUT2D eigenvalue weighted by molar-refractivity contribution is 5.97. The van der Waals surface area contributed by atoms with Gasteiger partial charge in [0.25, 0.3) is 5.91 Å². The summed E-state index contributed by atoms with van der Waals surface area (Å²) in [5.41, 5.74) is 0.0455. The number of piperidine rings is 1. The van der Waals surface area contributed by atoms with Crippen LogP contribution in [0.4, 0.5) is 4.39 Å². The van der Waals surface area contributed by atoms with Gasteiger partial charge in [-0.25, -0.2) is 9.18 Å². The molecule has 4 rings (SSSR count). The number of rotatable bonds is 4. The molecule has 1 N–H and O–H groups in total. The third-order valence-corrected chi connectivity index (χ3v) is 5.76. The lowest BCUT2D eigenvalue weighted by Crippen LogP contribution is -2.58. The first-order valence-electron chi connectivity index (χ1n) is 9.71. The van der Waals surface area contributed by atoms with E-state index in [1.165, 1.54) is 28.7 Å². The van der Waals surface area contributed by atoms with E-state index in [1.807, 2.05) is 18.2 Å². The van der Waals surface area contributed by atoms with Crippen LogP contribution in [0.25, 0.3) is 0 Å². The number of likely N-dealkylation sites (tertiary alicyclic amines) is 1. The summed E-state index contributed by atoms with van der Waals surface area (Å²) in [6, 6.07) is 14.6. The molecule has 0 aromatic heterocycles. The largest absolute Gasteiger partial charge is 0.480 e. The fraction of sp³-hybridized carbons (Fsp3) is 0.364. The molecule has 2 saturated heterocycles. The molecule has 1 amide bonds. The Balaban J connectivity index is 1.55. The van der Waals surface area contributed by atoms with Gasteiger partial charge in [0.15, 0.2) is 6.04 Å². The SMILES string of the molecule is O=C(O)[C@H]1COC2(CCN(Cc3ccccc3)CC2)N1C(=O)c1ccccc1F. The summed E-state index contributed by atoms with van der Waals surface area (Å²) in [6.45, 7) is 2.00. The number of ether oxygens (including phenoxy) is 1. The predicted octanol–water partition coefficient (Wildman–Crippen LogP) is 2.74. The van der Waals surface area contributed by atoms with Crippen LogP contribution in [-0.2, 0) is 16.1 Å². The molecule has 0 aliphatic carbocycles. The second-order valence-corrected chi connectivity index (χ2v) is 7.53. The van der Waals surface area contributed by atoms with Crippen molar-refractivity contribution in [2.24, 2.45) is 0 Å². The average molecular weight is 398 g/mol. The van der Waals surface area contributed by atoms with E-state index in [4.69, 9.17) is 4.74 Å². The molecule has 2 heterocycles. The Morgan fingerprint density at radius 3 is 2.38 bits per heavy atom. The van der Waals surface area contributed by atoms with Crippen molar-refractivity contribution >= 4 is 11.9 Å². The maximum atomic E-state index is 14.2. The number of benzene rings is 2. The molecule has 0 bridgehead atoms. The van der Waals surface area contributed by atoms with Crippen molar-refractivity contribution in [1.29, 1.82) is 0 Å². The lowest BCUT2D eigenvalue weighted by Gasteiger charge is -2.44. The van der Waals surface area contributed by atoms with Crippen LogP contribution < -0.4 is 0 Å². The van der Waals surface area contributed by atoms with Crippen molar-refractivity contribution in [2.75, 3.05) is 19.7 Å². The summed E-state index contributed by atoms with van der Waals surface area (Å²) in [7, 11) is 0. The van der Waals surface area contributed by atoms with Gasteiger partial charge in [-0.1, -0.05) is 42.5 Å². The Hall–Kier alpha value is -2.77. The van der Waals surface area contributed by atoms with Crippen molar-refractivity contribution in [1.82, 2.24) is 9.80 Å². The molecule has 7 heteroatoms. The number of amides is 1. The van der Waals surface area contributed by atoms with Gasteiger partial charge in [-0.2, -0.15) is 0 Å². The number of nitrogens with zero attached hydrogens (tertiary/aromatic N) is 2. The fourth-order valence-corrected chi connectivity index (χ4v) is 4.22. The smallest absolute Gasteiger partial charge is 0.328 e. The lowest BCUT2D eigenvalue weighted by atomic mass is 9.96. The molecule has 29 heavy (non-hydrogen) atoms. The predicted molar refractivity (Wildman–Crippen MR) is 104 cm³/mol. The standard InChI is InChI=1S/C22H23FN2O4/c23-18-9-5-4-8-17(18)20(26)25-19(21(27)28)15-29-22(25)10-12-24(13-11-22)14-16-6-2-1-3-7-16/h1-9,19H,10-15H2,(H,27,28)/t19-/m1/s1. The molecule has 152 valence electrons. The minimum absolute atomic E-state index is 0.0891. The summed E-state index contributed by atoms with van der Waals surface area (Å²) < 4.78 is 20.2. The molecule has 2 fully saturated rings. The van der Waals surface area contributed by atoms with Gasteiger partial charge in [-0.05, 0) is 17.7 Å². The molecule has 2 aromatic rings. The molecule has 2 aliphatic rings. The van der Waals surface area contributed by atoms with Crippen molar-refractivity contribution in [3.8, 4) is 0 Å².